The first-order valence-electron chi connectivity index (χ1n) is 15.9. The van der Waals surface area contributed by atoms with Crippen LogP contribution in [0.1, 0.15) is 25.0 Å². The summed E-state index contributed by atoms with van der Waals surface area (Å²) in [4.78, 5) is 0. The highest BCUT2D eigenvalue weighted by atomic mass is 14.4. The predicted octanol–water partition coefficient (Wildman–Crippen LogP) is 12.5. The quantitative estimate of drug-likeness (QED) is 0.197. The molecule has 0 saturated carbocycles. The molecule has 0 saturated heterocycles. The molecule has 0 radical (unpaired) electrons. The molecule has 0 fully saturated rings. The second kappa shape index (κ2) is 9.78. The number of fused-ring (bicyclic) bond motifs is 8. The molecule has 1 aliphatic carbocycles. The molecule has 0 unspecified atom stereocenters. The Morgan fingerprint density at radius 2 is 0.778 bits per heavy atom. The van der Waals surface area contributed by atoms with Gasteiger partial charge in [0.15, 0.2) is 0 Å². The van der Waals surface area contributed by atoms with Crippen molar-refractivity contribution >= 4 is 32.3 Å². The van der Waals surface area contributed by atoms with Crippen LogP contribution in [0.5, 0.6) is 0 Å². The Hall–Kier alpha value is -5.46. The van der Waals surface area contributed by atoms with Gasteiger partial charge in [0.05, 0.1) is 0 Å². The van der Waals surface area contributed by atoms with Crippen molar-refractivity contribution in [3.8, 4) is 44.5 Å². The lowest BCUT2D eigenvalue weighted by Gasteiger charge is -2.24. The lowest BCUT2D eigenvalue weighted by Crippen LogP contribution is -2.15. The topological polar surface area (TPSA) is 0 Å². The van der Waals surface area contributed by atoms with Crippen LogP contribution in [-0.4, -0.2) is 0 Å². The standard InChI is InChI=1S/C45H32/c1-45(2)41-27-39(30-14-4-3-5-15-30)35-21-8-10-23-37(35)43(41)44-38-24-11-9-22-36(38)40(28-42(44)45)32-19-12-18-31(26-32)34-25-13-17-29-16-6-7-20-33(29)34/h3-28H,1-2H3. The highest BCUT2D eigenvalue weighted by Crippen LogP contribution is 2.56. The monoisotopic (exact) mass is 572 g/mol. The van der Waals surface area contributed by atoms with Crippen molar-refractivity contribution < 1.29 is 0 Å². The molecular weight excluding hydrogens is 540 g/mol. The highest BCUT2D eigenvalue weighted by Gasteiger charge is 2.39. The van der Waals surface area contributed by atoms with Gasteiger partial charge in [-0.1, -0.05) is 153 Å². The van der Waals surface area contributed by atoms with Crippen LogP contribution >= 0.6 is 0 Å². The third-order valence-corrected chi connectivity index (χ3v) is 10.0. The molecule has 0 spiro atoms. The summed E-state index contributed by atoms with van der Waals surface area (Å²) in [6, 6.07) is 58.2. The zero-order valence-electron chi connectivity index (χ0n) is 25.5. The molecule has 0 amide bonds. The summed E-state index contributed by atoms with van der Waals surface area (Å²) in [5, 5.41) is 7.81. The van der Waals surface area contributed by atoms with Crippen molar-refractivity contribution in [3.05, 3.63) is 169 Å². The Labute approximate surface area is 264 Å². The summed E-state index contributed by atoms with van der Waals surface area (Å²) < 4.78 is 0. The SMILES string of the molecule is CC1(C)c2cc(-c3ccccc3)c3ccccc3c2-c2c1cc(-c1cccc(-c3cccc4ccccc34)c1)c1ccccc21. The van der Waals surface area contributed by atoms with Crippen LogP contribution in [0.4, 0.5) is 0 Å². The Kier molecular flexibility index (Phi) is 5.64. The second-order valence-electron chi connectivity index (χ2n) is 12.9. The number of hydrogen-bond acceptors (Lipinski definition) is 0. The van der Waals surface area contributed by atoms with E-state index < -0.39 is 0 Å². The van der Waals surface area contributed by atoms with E-state index in [0.29, 0.717) is 0 Å². The fraction of sp³-hybridized carbons (Fsp3) is 0.0667. The summed E-state index contributed by atoms with van der Waals surface area (Å²) in [6.45, 7) is 4.82. The molecular formula is C45H32. The largest absolute Gasteiger partial charge is 0.0622 e. The van der Waals surface area contributed by atoms with Gasteiger partial charge in [-0.25, -0.2) is 0 Å². The Morgan fingerprint density at radius 1 is 0.333 bits per heavy atom. The van der Waals surface area contributed by atoms with Crippen molar-refractivity contribution in [2.24, 2.45) is 0 Å². The minimum atomic E-state index is -0.162. The van der Waals surface area contributed by atoms with Crippen molar-refractivity contribution in [1.82, 2.24) is 0 Å². The first-order valence-corrected chi connectivity index (χ1v) is 15.9. The summed E-state index contributed by atoms with van der Waals surface area (Å²) in [6.07, 6.45) is 0. The molecule has 9 rings (SSSR count). The average Bonchev–Trinajstić information content (AvgIpc) is 3.33. The molecule has 212 valence electrons. The fourth-order valence-electron chi connectivity index (χ4n) is 7.85. The predicted molar refractivity (Wildman–Crippen MR) is 193 cm³/mol. The lowest BCUT2D eigenvalue weighted by molar-refractivity contribution is 0.661. The van der Waals surface area contributed by atoms with E-state index in [-0.39, 0.29) is 5.41 Å². The van der Waals surface area contributed by atoms with Gasteiger partial charge >= 0.3 is 0 Å². The minimum absolute atomic E-state index is 0.162. The molecule has 0 bridgehead atoms. The van der Waals surface area contributed by atoms with E-state index in [4.69, 9.17) is 0 Å². The van der Waals surface area contributed by atoms with Crippen molar-refractivity contribution in [3.63, 3.8) is 0 Å². The first-order chi connectivity index (χ1) is 22.1. The molecule has 0 heteroatoms. The molecule has 0 nitrogen and oxygen atoms in total. The Morgan fingerprint density at radius 3 is 1.42 bits per heavy atom. The van der Waals surface area contributed by atoms with Crippen LogP contribution in [0, 0.1) is 0 Å². The third kappa shape index (κ3) is 3.85. The van der Waals surface area contributed by atoms with Crippen molar-refractivity contribution in [1.29, 1.82) is 0 Å². The van der Waals surface area contributed by atoms with E-state index in [1.54, 1.807) is 0 Å². The zero-order valence-corrected chi connectivity index (χ0v) is 25.5. The van der Waals surface area contributed by atoms with E-state index in [0.717, 1.165) is 0 Å². The van der Waals surface area contributed by atoms with Gasteiger partial charge in [0.2, 0.25) is 0 Å². The maximum Gasteiger partial charge on any atom is 0.0159 e. The maximum atomic E-state index is 2.50. The molecule has 0 heterocycles. The van der Waals surface area contributed by atoms with E-state index in [9.17, 15) is 0 Å². The lowest BCUT2D eigenvalue weighted by atomic mass is 9.79. The maximum absolute atomic E-state index is 2.50. The van der Waals surface area contributed by atoms with Gasteiger partial charge in [0.25, 0.3) is 0 Å². The van der Waals surface area contributed by atoms with Crippen LogP contribution in [0.25, 0.3) is 76.8 Å². The van der Waals surface area contributed by atoms with Crippen LogP contribution in [-0.2, 0) is 5.41 Å². The summed E-state index contributed by atoms with van der Waals surface area (Å²) in [7, 11) is 0. The van der Waals surface area contributed by atoms with Crippen LogP contribution in [0.3, 0.4) is 0 Å². The van der Waals surface area contributed by atoms with Crippen molar-refractivity contribution in [2.75, 3.05) is 0 Å². The second-order valence-corrected chi connectivity index (χ2v) is 12.9. The molecule has 0 atom stereocenters. The molecule has 0 aromatic heterocycles. The zero-order chi connectivity index (χ0) is 30.1. The van der Waals surface area contributed by atoms with Gasteiger partial charge in [0.1, 0.15) is 0 Å². The van der Waals surface area contributed by atoms with Gasteiger partial charge in [-0.15, -0.1) is 0 Å². The number of benzene rings is 8. The molecule has 0 aliphatic heterocycles. The van der Waals surface area contributed by atoms with Gasteiger partial charge in [-0.05, 0) is 106 Å². The van der Waals surface area contributed by atoms with Crippen LogP contribution < -0.4 is 0 Å². The summed E-state index contributed by atoms with van der Waals surface area (Å²) >= 11 is 0. The van der Waals surface area contributed by atoms with E-state index >= 15 is 0 Å². The van der Waals surface area contributed by atoms with E-state index in [1.807, 2.05) is 0 Å². The molecule has 8 aromatic carbocycles. The van der Waals surface area contributed by atoms with Crippen LogP contribution in [0.2, 0.25) is 0 Å². The molecule has 1 aliphatic rings. The molecule has 45 heavy (non-hydrogen) atoms. The van der Waals surface area contributed by atoms with E-state index in [1.165, 1.54) is 88.0 Å². The highest BCUT2D eigenvalue weighted by molar-refractivity contribution is 6.16. The van der Waals surface area contributed by atoms with Crippen molar-refractivity contribution in [2.45, 2.75) is 19.3 Å². The number of rotatable bonds is 3. The fourth-order valence-corrected chi connectivity index (χ4v) is 7.85. The molecule has 8 aromatic rings. The smallest absolute Gasteiger partial charge is 0.0159 e. The Bertz CT molecular complexity index is 2440. The molecule has 0 N–H and O–H groups in total. The van der Waals surface area contributed by atoms with Gasteiger partial charge in [-0.3, -0.25) is 0 Å². The average molecular weight is 573 g/mol. The van der Waals surface area contributed by atoms with Gasteiger partial charge in [-0.2, -0.15) is 0 Å². The minimum Gasteiger partial charge on any atom is -0.0622 e. The first kappa shape index (κ1) is 26.0. The van der Waals surface area contributed by atoms with Crippen LogP contribution in [0.15, 0.2) is 158 Å². The normalized spacial score (nSPS) is 13.3. The van der Waals surface area contributed by atoms with E-state index in [2.05, 4.69) is 172 Å². The summed E-state index contributed by atoms with van der Waals surface area (Å²) in [5.74, 6) is 0. The number of hydrogen-bond donors (Lipinski definition) is 0. The third-order valence-electron chi connectivity index (χ3n) is 10.0. The van der Waals surface area contributed by atoms with Gasteiger partial charge < -0.3 is 0 Å². The summed E-state index contributed by atoms with van der Waals surface area (Å²) in [5.41, 5.74) is 13.0. The van der Waals surface area contributed by atoms with Gasteiger partial charge in [0, 0.05) is 5.41 Å². The Balaban J connectivity index is 1.31.